The zero-order valence-corrected chi connectivity index (χ0v) is 8.33. The maximum atomic E-state index is 2.34. The summed E-state index contributed by atoms with van der Waals surface area (Å²) in [4.78, 5) is 4.68. The van der Waals surface area contributed by atoms with Gasteiger partial charge >= 0.3 is 0 Å². The number of hydrogen-bond donors (Lipinski definition) is 0. The van der Waals surface area contributed by atoms with Crippen molar-refractivity contribution in [2.24, 2.45) is 0 Å². The van der Waals surface area contributed by atoms with E-state index in [9.17, 15) is 0 Å². The molecule has 1 heterocycles. The van der Waals surface area contributed by atoms with Gasteiger partial charge in [0.05, 0.1) is 6.67 Å². The van der Waals surface area contributed by atoms with Gasteiger partial charge in [-0.2, -0.15) is 0 Å². The molecule has 0 aromatic heterocycles. The van der Waals surface area contributed by atoms with E-state index in [0.29, 0.717) is 0 Å². The van der Waals surface area contributed by atoms with Crippen molar-refractivity contribution in [3.8, 4) is 0 Å². The van der Waals surface area contributed by atoms with Crippen LogP contribution in [0.5, 0.6) is 0 Å². The fourth-order valence-electron chi connectivity index (χ4n) is 1.96. The largest absolute Gasteiger partial charge is 0.289 e. The molecule has 70 valence electrons. The molecule has 2 nitrogen and oxygen atoms in total. The molecule has 1 aromatic carbocycles. The summed E-state index contributed by atoms with van der Waals surface area (Å²) >= 11 is 0. The predicted molar refractivity (Wildman–Crippen MR) is 54.2 cm³/mol. The van der Waals surface area contributed by atoms with E-state index < -0.39 is 0 Å². The van der Waals surface area contributed by atoms with Crippen molar-refractivity contribution >= 4 is 0 Å². The van der Waals surface area contributed by atoms with Gasteiger partial charge in [0.2, 0.25) is 0 Å². The van der Waals surface area contributed by atoms with Gasteiger partial charge in [0.15, 0.2) is 0 Å². The Kier molecular flexibility index (Phi) is 2.34. The lowest BCUT2D eigenvalue weighted by Crippen LogP contribution is -2.29. The van der Waals surface area contributed by atoms with Crippen LogP contribution < -0.4 is 0 Å². The SMILES string of the molecule is CN1Cc2ccccc2CN(C)C1. The summed E-state index contributed by atoms with van der Waals surface area (Å²) in [6, 6.07) is 8.70. The molecule has 1 aliphatic rings. The molecular weight excluding hydrogens is 160 g/mol. The van der Waals surface area contributed by atoms with Crippen molar-refractivity contribution in [3.63, 3.8) is 0 Å². The maximum Gasteiger partial charge on any atom is 0.0507 e. The molecule has 0 spiro atoms. The van der Waals surface area contributed by atoms with Crippen molar-refractivity contribution in [2.75, 3.05) is 20.8 Å². The third-order valence-corrected chi connectivity index (χ3v) is 2.48. The average molecular weight is 176 g/mol. The molecule has 0 amide bonds. The molecule has 0 fully saturated rings. The van der Waals surface area contributed by atoms with Crippen molar-refractivity contribution in [1.29, 1.82) is 0 Å². The summed E-state index contributed by atoms with van der Waals surface area (Å²) in [5.41, 5.74) is 2.93. The van der Waals surface area contributed by atoms with Crippen LogP contribution in [0.15, 0.2) is 24.3 Å². The molecule has 1 aromatic rings. The molecule has 0 aliphatic carbocycles. The number of hydrogen-bond acceptors (Lipinski definition) is 2. The van der Waals surface area contributed by atoms with Gasteiger partial charge in [-0.1, -0.05) is 24.3 Å². The Hall–Kier alpha value is -0.860. The van der Waals surface area contributed by atoms with E-state index in [1.54, 1.807) is 0 Å². The quantitative estimate of drug-likeness (QED) is 0.591. The fraction of sp³-hybridized carbons (Fsp3) is 0.455. The highest BCUT2D eigenvalue weighted by molar-refractivity contribution is 5.27. The zero-order valence-electron chi connectivity index (χ0n) is 8.33. The molecule has 2 heteroatoms. The summed E-state index contributed by atoms with van der Waals surface area (Å²) in [5.74, 6) is 0. The van der Waals surface area contributed by atoms with E-state index in [2.05, 4.69) is 48.2 Å². The molecule has 0 unspecified atom stereocenters. The first-order valence-corrected chi connectivity index (χ1v) is 4.69. The lowest BCUT2D eigenvalue weighted by Gasteiger charge is -2.19. The van der Waals surface area contributed by atoms with Crippen LogP contribution >= 0.6 is 0 Å². The molecule has 0 saturated carbocycles. The minimum atomic E-state index is 1.05. The molecule has 0 bridgehead atoms. The molecular formula is C11H16N2. The van der Waals surface area contributed by atoms with Crippen LogP contribution in [0.3, 0.4) is 0 Å². The van der Waals surface area contributed by atoms with E-state index >= 15 is 0 Å². The summed E-state index contributed by atoms with van der Waals surface area (Å²) in [6.07, 6.45) is 0. The highest BCUT2D eigenvalue weighted by Gasteiger charge is 2.13. The molecule has 13 heavy (non-hydrogen) atoms. The fourth-order valence-corrected chi connectivity index (χ4v) is 1.96. The van der Waals surface area contributed by atoms with E-state index in [1.807, 2.05) is 0 Å². The monoisotopic (exact) mass is 176 g/mol. The standard InChI is InChI=1S/C11H16N2/c1-12-7-10-5-3-4-6-11(10)8-13(2)9-12/h3-6H,7-9H2,1-2H3. The Morgan fingerprint density at radius 2 is 1.38 bits per heavy atom. The van der Waals surface area contributed by atoms with Crippen molar-refractivity contribution in [3.05, 3.63) is 35.4 Å². The molecule has 1 aliphatic heterocycles. The van der Waals surface area contributed by atoms with Crippen LogP contribution in [0.1, 0.15) is 11.1 Å². The summed E-state index contributed by atoms with van der Waals surface area (Å²) < 4.78 is 0. The summed E-state index contributed by atoms with van der Waals surface area (Å²) in [6.45, 7) is 3.19. The molecule has 0 N–H and O–H groups in total. The number of benzene rings is 1. The van der Waals surface area contributed by atoms with Gasteiger partial charge in [0.25, 0.3) is 0 Å². The molecule has 0 saturated heterocycles. The highest BCUT2D eigenvalue weighted by atomic mass is 15.3. The number of fused-ring (bicyclic) bond motifs is 1. The van der Waals surface area contributed by atoms with Crippen LogP contribution in [-0.4, -0.2) is 30.6 Å². The Morgan fingerprint density at radius 3 is 1.85 bits per heavy atom. The molecule has 0 atom stereocenters. The second kappa shape index (κ2) is 3.48. The van der Waals surface area contributed by atoms with Crippen LogP contribution in [0.4, 0.5) is 0 Å². The van der Waals surface area contributed by atoms with Gasteiger partial charge in [-0.3, -0.25) is 9.80 Å². The zero-order chi connectivity index (χ0) is 9.26. The second-order valence-corrected chi connectivity index (χ2v) is 3.94. The lowest BCUT2D eigenvalue weighted by molar-refractivity contribution is 0.185. The van der Waals surface area contributed by atoms with Crippen LogP contribution in [0.2, 0.25) is 0 Å². The van der Waals surface area contributed by atoms with Gasteiger partial charge in [-0.25, -0.2) is 0 Å². The topological polar surface area (TPSA) is 6.48 Å². The van der Waals surface area contributed by atoms with Crippen LogP contribution in [0, 0.1) is 0 Å². The van der Waals surface area contributed by atoms with E-state index in [4.69, 9.17) is 0 Å². The van der Waals surface area contributed by atoms with Gasteiger partial charge in [0.1, 0.15) is 0 Å². The third kappa shape index (κ3) is 1.90. The molecule has 0 radical (unpaired) electrons. The normalized spacial score (nSPS) is 19.5. The Morgan fingerprint density at radius 1 is 0.923 bits per heavy atom. The van der Waals surface area contributed by atoms with Crippen molar-refractivity contribution in [1.82, 2.24) is 9.80 Å². The van der Waals surface area contributed by atoms with E-state index in [1.165, 1.54) is 11.1 Å². The third-order valence-electron chi connectivity index (χ3n) is 2.48. The van der Waals surface area contributed by atoms with E-state index in [0.717, 1.165) is 19.8 Å². The van der Waals surface area contributed by atoms with Crippen LogP contribution in [0.25, 0.3) is 0 Å². The van der Waals surface area contributed by atoms with Crippen LogP contribution in [-0.2, 0) is 13.1 Å². The van der Waals surface area contributed by atoms with Gasteiger partial charge in [-0.15, -0.1) is 0 Å². The van der Waals surface area contributed by atoms with Crippen molar-refractivity contribution < 1.29 is 0 Å². The van der Waals surface area contributed by atoms with Gasteiger partial charge < -0.3 is 0 Å². The number of rotatable bonds is 0. The van der Waals surface area contributed by atoms with Gasteiger partial charge in [-0.05, 0) is 25.2 Å². The van der Waals surface area contributed by atoms with Gasteiger partial charge in [0, 0.05) is 13.1 Å². The van der Waals surface area contributed by atoms with E-state index in [-0.39, 0.29) is 0 Å². The minimum Gasteiger partial charge on any atom is -0.289 e. The average Bonchev–Trinajstić information content (AvgIpc) is 2.20. The Bertz CT molecular complexity index is 267. The Balaban J connectivity index is 2.32. The van der Waals surface area contributed by atoms with Crippen molar-refractivity contribution in [2.45, 2.75) is 13.1 Å². The second-order valence-electron chi connectivity index (χ2n) is 3.94. The summed E-state index contributed by atoms with van der Waals surface area (Å²) in [7, 11) is 4.33. The first-order valence-electron chi connectivity index (χ1n) is 4.69. The smallest absolute Gasteiger partial charge is 0.0507 e. The molecule has 2 rings (SSSR count). The summed E-state index contributed by atoms with van der Waals surface area (Å²) in [5, 5.41) is 0. The highest BCUT2D eigenvalue weighted by Crippen LogP contribution is 2.16. The predicted octanol–water partition coefficient (Wildman–Crippen LogP) is 1.52. The first-order chi connectivity index (χ1) is 6.25. The maximum absolute atomic E-state index is 2.34. The number of nitrogens with zero attached hydrogens (tertiary/aromatic N) is 2. The lowest BCUT2D eigenvalue weighted by atomic mass is 10.1. The minimum absolute atomic E-state index is 1.05. The Labute approximate surface area is 79.8 Å². The first kappa shape index (κ1) is 8.73.